The van der Waals surface area contributed by atoms with E-state index in [9.17, 15) is 4.79 Å². The molecular weight excluding hydrogens is 386 g/mol. The fourth-order valence-electron chi connectivity index (χ4n) is 4.55. The summed E-state index contributed by atoms with van der Waals surface area (Å²) >= 11 is 0. The fraction of sp³-hybridized carbons (Fsp3) is 0.231. The highest BCUT2D eigenvalue weighted by Gasteiger charge is 2.35. The molecule has 1 aliphatic heterocycles. The second-order valence-corrected chi connectivity index (χ2v) is 8.02. The molecule has 5 nitrogen and oxygen atoms in total. The Morgan fingerprint density at radius 2 is 1.77 bits per heavy atom. The number of aromatic nitrogens is 2. The third kappa shape index (κ3) is 3.46. The molecule has 4 aromatic rings. The first-order valence-corrected chi connectivity index (χ1v) is 10.6. The Bertz CT molecular complexity index is 1230. The number of ether oxygens (including phenoxy) is 1. The number of fused-ring (bicyclic) bond motifs is 1. The second-order valence-electron chi connectivity index (χ2n) is 8.02. The Labute approximate surface area is 181 Å². The quantitative estimate of drug-likeness (QED) is 0.455. The number of carbonyl (C=O) groups is 1. The van der Waals surface area contributed by atoms with Crippen molar-refractivity contribution in [2.45, 2.75) is 25.3 Å². The summed E-state index contributed by atoms with van der Waals surface area (Å²) < 4.78 is 7.65. The van der Waals surface area contributed by atoms with E-state index in [1.165, 1.54) is 5.56 Å². The molecule has 5 heteroatoms. The lowest BCUT2D eigenvalue weighted by Gasteiger charge is -2.21. The van der Waals surface area contributed by atoms with Gasteiger partial charge in [-0.3, -0.25) is 4.79 Å². The second kappa shape index (κ2) is 7.91. The number of imidazole rings is 1. The molecule has 156 valence electrons. The average molecular weight is 412 g/mol. The van der Waals surface area contributed by atoms with E-state index < -0.39 is 0 Å². The number of rotatable bonds is 5. The number of nitrogens with zero attached hydrogens (tertiary/aromatic N) is 3. The summed E-state index contributed by atoms with van der Waals surface area (Å²) in [5, 5.41) is 0. The van der Waals surface area contributed by atoms with Crippen molar-refractivity contribution in [3.05, 3.63) is 90.3 Å². The lowest BCUT2D eigenvalue weighted by atomic mass is 10.0. The van der Waals surface area contributed by atoms with Crippen LogP contribution in [-0.4, -0.2) is 29.1 Å². The van der Waals surface area contributed by atoms with Gasteiger partial charge in [-0.25, -0.2) is 4.98 Å². The molecule has 1 amide bonds. The highest BCUT2D eigenvalue weighted by molar-refractivity contribution is 5.96. The Morgan fingerprint density at radius 1 is 1.00 bits per heavy atom. The summed E-state index contributed by atoms with van der Waals surface area (Å²) in [6.45, 7) is 2.81. The molecule has 2 heterocycles. The van der Waals surface area contributed by atoms with E-state index in [0.717, 1.165) is 28.3 Å². The van der Waals surface area contributed by atoms with Crippen LogP contribution in [0.25, 0.3) is 11.0 Å². The van der Waals surface area contributed by atoms with Crippen LogP contribution in [0, 0.1) is 0 Å². The Hall–Kier alpha value is -3.60. The van der Waals surface area contributed by atoms with Gasteiger partial charge in [-0.1, -0.05) is 48.5 Å². The van der Waals surface area contributed by atoms with E-state index in [2.05, 4.69) is 41.8 Å². The zero-order valence-electron chi connectivity index (χ0n) is 17.7. The standard InChI is InChI=1S/C26H25N3O2/c1-18(19-9-4-3-5-10-19)29-24-14-7-6-13-23(24)27-26(29)20-15-25(30)28(17-20)21-11-8-12-22(16-21)31-2/h3-14,16,18,20H,15,17H2,1-2H3/t18-,20-/m0/s1. The van der Waals surface area contributed by atoms with Crippen molar-refractivity contribution in [1.29, 1.82) is 0 Å². The maximum atomic E-state index is 13.0. The Balaban J connectivity index is 1.55. The summed E-state index contributed by atoms with van der Waals surface area (Å²) in [5.74, 6) is 1.86. The summed E-state index contributed by atoms with van der Waals surface area (Å²) in [4.78, 5) is 19.8. The molecule has 31 heavy (non-hydrogen) atoms. The Kier molecular flexibility index (Phi) is 4.94. The van der Waals surface area contributed by atoms with Gasteiger partial charge in [-0.15, -0.1) is 0 Å². The molecule has 0 unspecified atom stereocenters. The van der Waals surface area contributed by atoms with Crippen LogP contribution < -0.4 is 9.64 Å². The van der Waals surface area contributed by atoms with Crippen molar-refractivity contribution in [3.63, 3.8) is 0 Å². The predicted molar refractivity (Wildman–Crippen MR) is 123 cm³/mol. The minimum absolute atomic E-state index is 0.0252. The number of para-hydroxylation sites is 2. The highest BCUT2D eigenvalue weighted by atomic mass is 16.5. The van der Waals surface area contributed by atoms with E-state index in [4.69, 9.17) is 9.72 Å². The summed E-state index contributed by atoms with van der Waals surface area (Å²) in [7, 11) is 1.64. The number of carbonyl (C=O) groups excluding carboxylic acids is 1. The normalized spacial score (nSPS) is 17.3. The number of hydrogen-bond acceptors (Lipinski definition) is 3. The zero-order chi connectivity index (χ0) is 21.4. The van der Waals surface area contributed by atoms with Crippen LogP contribution in [0.4, 0.5) is 5.69 Å². The minimum Gasteiger partial charge on any atom is -0.497 e. The minimum atomic E-state index is 0.0252. The largest absolute Gasteiger partial charge is 0.497 e. The maximum absolute atomic E-state index is 13.0. The number of amides is 1. The van der Waals surface area contributed by atoms with Crippen molar-refractivity contribution in [2.75, 3.05) is 18.6 Å². The molecule has 0 saturated carbocycles. The van der Waals surface area contributed by atoms with E-state index in [1.54, 1.807) is 7.11 Å². The van der Waals surface area contributed by atoms with Crippen molar-refractivity contribution < 1.29 is 9.53 Å². The third-order valence-corrected chi connectivity index (χ3v) is 6.15. The van der Waals surface area contributed by atoms with Crippen LogP contribution in [0.1, 0.15) is 36.7 Å². The molecule has 1 saturated heterocycles. The van der Waals surface area contributed by atoms with Gasteiger partial charge in [0, 0.05) is 30.6 Å². The molecule has 1 aromatic heterocycles. The monoisotopic (exact) mass is 411 g/mol. The summed E-state index contributed by atoms with van der Waals surface area (Å²) in [6.07, 6.45) is 0.446. The van der Waals surface area contributed by atoms with Crippen molar-refractivity contribution in [1.82, 2.24) is 9.55 Å². The average Bonchev–Trinajstić information content (AvgIpc) is 3.40. The summed E-state index contributed by atoms with van der Waals surface area (Å²) in [6, 6.07) is 26.5. The van der Waals surface area contributed by atoms with Gasteiger partial charge in [0.05, 0.1) is 24.2 Å². The van der Waals surface area contributed by atoms with Gasteiger partial charge in [0.2, 0.25) is 5.91 Å². The van der Waals surface area contributed by atoms with Gasteiger partial charge >= 0.3 is 0 Å². The SMILES string of the molecule is COc1cccc(N2C[C@@H](c3nc4ccccc4n3[C@@H](C)c3ccccc3)CC2=O)c1. The third-order valence-electron chi connectivity index (χ3n) is 6.15. The van der Waals surface area contributed by atoms with Gasteiger partial charge in [-0.05, 0) is 36.8 Å². The van der Waals surface area contributed by atoms with Crippen LogP contribution in [0.5, 0.6) is 5.75 Å². The molecule has 0 bridgehead atoms. The number of benzene rings is 3. The molecule has 1 fully saturated rings. The molecule has 3 aromatic carbocycles. The molecule has 2 atom stereocenters. The van der Waals surface area contributed by atoms with Crippen molar-refractivity contribution >= 4 is 22.6 Å². The molecule has 0 radical (unpaired) electrons. The molecule has 0 aliphatic carbocycles. The lowest BCUT2D eigenvalue weighted by Crippen LogP contribution is -2.24. The van der Waals surface area contributed by atoms with E-state index in [-0.39, 0.29) is 17.9 Å². The van der Waals surface area contributed by atoms with E-state index in [1.807, 2.05) is 53.4 Å². The summed E-state index contributed by atoms with van der Waals surface area (Å²) in [5.41, 5.74) is 4.15. The van der Waals surface area contributed by atoms with E-state index >= 15 is 0 Å². The first-order valence-electron chi connectivity index (χ1n) is 10.6. The molecule has 1 aliphatic rings. The number of anilines is 1. The van der Waals surface area contributed by atoms with Crippen LogP contribution in [0.3, 0.4) is 0 Å². The van der Waals surface area contributed by atoms with Crippen LogP contribution >= 0.6 is 0 Å². The molecular formula is C26H25N3O2. The smallest absolute Gasteiger partial charge is 0.227 e. The maximum Gasteiger partial charge on any atom is 0.227 e. The zero-order valence-corrected chi connectivity index (χ0v) is 17.7. The van der Waals surface area contributed by atoms with Crippen LogP contribution in [0.15, 0.2) is 78.9 Å². The lowest BCUT2D eigenvalue weighted by molar-refractivity contribution is -0.117. The molecule has 0 N–H and O–H groups in total. The first-order chi connectivity index (χ1) is 15.2. The topological polar surface area (TPSA) is 47.4 Å². The fourth-order valence-corrected chi connectivity index (χ4v) is 4.55. The predicted octanol–water partition coefficient (Wildman–Crippen LogP) is 5.17. The first kappa shape index (κ1) is 19.4. The van der Waals surface area contributed by atoms with Gasteiger partial charge in [0.25, 0.3) is 0 Å². The van der Waals surface area contributed by atoms with Crippen LogP contribution in [0.2, 0.25) is 0 Å². The van der Waals surface area contributed by atoms with E-state index in [0.29, 0.717) is 13.0 Å². The highest BCUT2D eigenvalue weighted by Crippen LogP contribution is 2.36. The van der Waals surface area contributed by atoms with Crippen LogP contribution in [-0.2, 0) is 4.79 Å². The molecule has 0 spiro atoms. The van der Waals surface area contributed by atoms with Gasteiger partial charge in [-0.2, -0.15) is 0 Å². The Morgan fingerprint density at radius 3 is 2.58 bits per heavy atom. The van der Waals surface area contributed by atoms with Crippen molar-refractivity contribution in [2.24, 2.45) is 0 Å². The van der Waals surface area contributed by atoms with Gasteiger partial charge < -0.3 is 14.2 Å². The molecule has 5 rings (SSSR count). The van der Waals surface area contributed by atoms with Gasteiger partial charge in [0.1, 0.15) is 11.6 Å². The number of methoxy groups -OCH3 is 1. The van der Waals surface area contributed by atoms with Gasteiger partial charge in [0.15, 0.2) is 0 Å². The number of hydrogen-bond donors (Lipinski definition) is 0. The van der Waals surface area contributed by atoms with Crippen molar-refractivity contribution in [3.8, 4) is 5.75 Å².